The quantitative estimate of drug-likeness (QED) is 0.204. The summed E-state index contributed by atoms with van der Waals surface area (Å²) >= 11 is 0. The van der Waals surface area contributed by atoms with Gasteiger partial charge in [0.2, 0.25) is 5.91 Å². The lowest BCUT2D eigenvalue weighted by molar-refractivity contribution is -0.220. The van der Waals surface area contributed by atoms with Gasteiger partial charge in [-0.05, 0) is 30.2 Å². The second kappa shape index (κ2) is 17.8. The Bertz CT molecular complexity index is 1590. The van der Waals surface area contributed by atoms with Crippen LogP contribution in [0.2, 0.25) is 0 Å². The van der Waals surface area contributed by atoms with E-state index >= 15 is 0 Å². The van der Waals surface area contributed by atoms with Crippen LogP contribution in [0.4, 0.5) is 10.5 Å². The molecule has 2 aromatic rings. The van der Waals surface area contributed by atoms with Crippen LogP contribution in [0, 0.1) is 0 Å². The zero-order chi connectivity index (χ0) is 35.3. The van der Waals surface area contributed by atoms with E-state index in [2.05, 4.69) is 10.6 Å². The lowest BCUT2D eigenvalue weighted by Gasteiger charge is -2.18. The molecule has 3 N–H and O–H groups in total. The number of methoxy groups -OCH3 is 4. The molecule has 3 amide bonds. The molecule has 1 heterocycles. The zero-order valence-electron chi connectivity index (χ0n) is 27.0. The van der Waals surface area contributed by atoms with E-state index in [9.17, 15) is 32.7 Å². The van der Waals surface area contributed by atoms with E-state index < -0.39 is 45.7 Å². The zero-order valence-corrected chi connectivity index (χ0v) is 27.8. The van der Waals surface area contributed by atoms with Crippen molar-refractivity contribution in [2.75, 3.05) is 46.9 Å². The molecule has 1 aliphatic heterocycles. The van der Waals surface area contributed by atoms with Crippen LogP contribution in [0.25, 0.3) is 6.08 Å². The molecular formula is C31H39N3O13S. The number of aliphatic hydroxyl groups excluding tert-OH is 1. The second-order valence-electron chi connectivity index (χ2n) is 10.3. The largest absolute Gasteiger partial charge is 0.496 e. The first-order valence-electron chi connectivity index (χ1n) is 14.7. The first-order chi connectivity index (χ1) is 22.9. The summed E-state index contributed by atoms with van der Waals surface area (Å²) < 4.78 is 52.3. The highest BCUT2D eigenvalue weighted by Gasteiger charge is 2.32. The standard InChI is InChI=1S/C31H39N3O13S/c1-42-21-17-25(44-3)22(26(18-21)45-4)12-15-48(40,41)19-20-8-9-24(43-2)23(16-20)33-31(39)46-14-13-32-27(35)6-5-7-30(38)47-34-28(36)10-11-29(34)37/h8-9,12,15-18,28,36H,5-7,10-11,13-14,19H2,1-4H3,(H,32,35)(H,33,39)/b15-12+. The van der Waals surface area contributed by atoms with Crippen molar-refractivity contribution in [3.05, 3.63) is 46.9 Å². The Hall–Kier alpha value is -5.03. The summed E-state index contributed by atoms with van der Waals surface area (Å²) in [4.78, 5) is 52.7. The third-order valence-electron chi connectivity index (χ3n) is 6.84. The molecule has 1 saturated heterocycles. The number of hydrogen-bond donors (Lipinski definition) is 3. The molecule has 48 heavy (non-hydrogen) atoms. The summed E-state index contributed by atoms with van der Waals surface area (Å²) in [5, 5.41) is 16.3. The van der Waals surface area contributed by atoms with Crippen LogP contribution in [-0.2, 0) is 39.5 Å². The van der Waals surface area contributed by atoms with Crippen molar-refractivity contribution >= 4 is 45.5 Å². The molecule has 2 aromatic carbocycles. The van der Waals surface area contributed by atoms with E-state index in [1.807, 2.05) is 0 Å². The Morgan fingerprint density at radius 1 is 0.979 bits per heavy atom. The Morgan fingerprint density at radius 3 is 2.27 bits per heavy atom. The predicted octanol–water partition coefficient (Wildman–Crippen LogP) is 2.54. The number of carbonyl (C=O) groups is 4. The van der Waals surface area contributed by atoms with Gasteiger partial charge in [0.1, 0.15) is 29.6 Å². The highest BCUT2D eigenvalue weighted by Crippen LogP contribution is 2.35. The normalized spacial score (nSPS) is 14.4. The van der Waals surface area contributed by atoms with Crippen LogP contribution in [0.15, 0.2) is 35.7 Å². The molecule has 262 valence electrons. The average molecular weight is 694 g/mol. The minimum absolute atomic E-state index is 0.0172. The number of hydroxylamine groups is 2. The van der Waals surface area contributed by atoms with E-state index in [0.717, 1.165) is 5.41 Å². The topological polar surface area (TPSA) is 205 Å². The van der Waals surface area contributed by atoms with Crippen molar-refractivity contribution in [1.29, 1.82) is 0 Å². The molecule has 0 radical (unpaired) electrons. The first kappa shape index (κ1) is 37.4. The fourth-order valence-corrected chi connectivity index (χ4v) is 5.55. The molecule has 0 bridgehead atoms. The monoisotopic (exact) mass is 693 g/mol. The van der Waals surface area contributed by atoms with E-state index in [4.69, 9.17) is 28.5 Å². The number of amides is 3. The van der Waals surface area contributed by atoms with Gasteiger partial charge in [-0.1, -0.05) is 6.07 Å². The number of carbonyl (C=O) groups excluding carboxylic acids is 4. The molecule has 0 aliphatic carbocycles. The van der Waals surface area contributed by atoms with Gasteiger partial charge in [-0.2, -0.15) is 0 Å². The summed E-state index contributed by atoms with van der Waals surface area (Å²) in [6.07, 6.45) is -0.454. The number of benzene rings is 2. The van der Waals surface area contributed by atoms with Crippen LogP contribution in [0.5, 0.6) is 23.0 Å². The number of sulfone groups is 1. The Balaban J connectivity index is 1.48. The number of aliphatic hydroxyl groups is 1. The Morgan fingerprint density at radius 2 is 1.67 bits per heavy atom. The fraction of sp³-hybridized carbons (Fsp3) is 0.419. The molecule has 3 rings (SSSR count). The number of hydrogen-bond acceptors (Lipinski definition) is 13. The van der Waals surface area contributed by atoms with Crippen LogP contribution in [0.3, 0.4) is 0 Å². The van der Waals surface area contributed by atoms with Gasteiger partial charge in [0.15, 0.2) is 16.1 Å². The van der Waals surface area contributed by atoms with Gasteiger partial charge in [0, 0.05) is 43.2 Å². The van der Waals surface area contributed by atoms with E-state index in [1.54, 1.807) is 18.2 Å². The summed E-state index contributed by atoms with van der Waals surface area (Å²) in [5.41, 5.74) is 0.916. The van der Waals surface area contributed by atoms with E-state index in [1.165, 1.54) is 46.6 Å². The van der Waals surface area contributed by atoms with E-state index in [0.29, 0.717) is 33.4 Å². The van der Waals surface area contributed by atoms with Crippen LogP contribution >= 0.6 is 0 Å². The molecule has 1 fully saturated rings. The van der Waals surface area contributed by atoms with Gasteiger partial charge in [-0.25, -0.2) is 18.0 Å². The van der Waals surface area contributed by atoms with Crippen LogP contribution in [-0.4, -0.2) is 90.3 Å². The summed E-state index contributed by atoms with van der Waals surface area (Å²) in [6, 6.07) is 7.67. The summed E-state index contributed by atoms with van der Waals surface area (Å²) in [5.74, 6) is -0.621. The molecule has 1 aliphatic rings. The molecular weight excluding hydrogens is 654 g/mol. The number of ether oxygens (including phenoxy) is 5. The highest BCUT2D eigenvalue weighted by atomic mass is 32.2. The van der Waals surface area contributed by atoms with Crippen molar-refractivity contribution in [3.63, 3.8) is 0 Å². The average Bonchev–Trinajstić information content (AvgIpc) is 3.37. The fourth-order valence-electron chi connectivity index (χ4n) is 4.47. The smallest absolute Gasteiger partial charge is 0.411 e. The molecule has 0 spiro atoms. The third-order valence-corrected chi connectivity index (χ3v) is 8.13. The van der Waals surface area contributed by atoms with Gasteiger partial charge in [-0.15, -0.1) is 5.06 Å². The van der Waals surface area contributed by atoms with Crippen molar-refractivity contribution < 1.29 is 61.2 Å². The van der Waals surface area contributed by atoms with Crippen LogP contribution < -0.4 is 29.6 Å². The Kier molecular flexibility index (Phi) is 13.9. The number of rotatable bonds is 17. The molecule has 1 unspecified atom stereocenters. The maximum absolute atomic E-state index is 13.0. The molecule has 0 saturated carbocycles. The number of nitrogens with one attached hydrogen (secondary N) is 2. The minimum Gasteiger partial charge on any atom is -0.496 e. The van der Waals surface area contributed by atoms with Crippen molar-refractivity contribution in [2.24, 2.45) is 0 Å². The maximum atomic E-state index is 13.0. The lowest BCUT2D eigenvalue weighted by atomic mass is 10.1. The van der Waals surface area contributed by atoms with Gasteiger partial charge in [-0.3, -0.25) is 14.9 Å². The van der Waals surface area contributed by atoms with Crippen molar-refractivity contribution in [2.45, 2.75) is 44.1 Å². The number of nitrogens with zero attached hydrogens (tertiary/aromatic N) is 1. The summed E-state index contributed by atoms with van der Waals surface area (Å²) in [7, 11) is 1.93. The Labute approximate surface area is 277 Å². The third kappa shape index (κ3) is 11.0. The van der Waals surface area contributed by atoms with E-state index in [-0.39, 0.29) is 56.7 Å². The SMILES string of the molecule is COc1cc(OC)c(/C=C/S(=O)(=O)Cc2ccc(OC)c(NC(=O)OCCNC(=O)CCCC(=O)ON3C(=O)CCC3O)c2)c(OC)c1. The van der Waals surface area contributed by atoms with Gasteiger partial charge in [0.05, 0.1) is 52.0 Å². The van der Waals surface area contributed by atoms with Gasteiger partial charge in [0.25, 0.3) is 5.91 Å². The second-order valence-corrected chi connectivity index (χ2v) is 12.1. The molecule has 16 nitrogen and oxygen atoms in total. The van der Waals surface area contributed by atoms with Gasteiger partial charge >= 0.3 is 12.1 Å². The van der Waals surface area contributed by atoms with Crippen molar-refractivity contribution in [1.82, 2.24) is 10.4 Å². The maximum Gasteiger partial charge on any atom is 0.411 e. The predicted molar refractivity (Wildman–Crippen MR) is 171 cm³/mol. The summed E-state index contributed by atoms with van der Waals surface area (Å²) in [6.45, 7) is -0.204. The highest BCUT2D eigenvalue weighted by molar-refractivity contribution is 7.93. The van der Waals surface area contributed by atoms with Gasteiger partial charge < -0.3 is 38.9 Å². The van der Waals surface area contributed by atoms with Crippen molar-refractivity contribution in [3.8, 4) is 23.0 Å². The first-order valence-corrected chi connectivity index (χ1v) is 16.4. The van der Waals surface area contributed by atoms with Crippen LogP contribution in [0.1, 0.15) is 43.2 Å². The number of anilines is 1. The molecule has 1 atom stereocenters. The lowest BCUT2D eigenvalue weighted by Crippen LogP contribution is -2.35. The molecule has 0 aromatic heterocycles. The molecule has 17 heteroatoms. The minimum atomic E-state index is -3.81.